The van der Waals surface area contributed by atoms with Crippen LogP contribution in [0.1, 0.15) is 21.9 Å². The molecule has 2 aromatic carbocycles. The van der Waals surface area contributed by atoms with Gasteiger partial charge in [-0.1, -0.05) is 58.0 Å². The molecule has 0 saturated carbocycles. The van der Waals surface area contributed by atoms with Gasteiger partial charge in [0.1, 0.15) is 18.1 Å². The van der Waals surface area contributed by atoms with Gasteiger partial charge in [0.15, 0.2) is 11.5 Å². The van der Waals surface area contributed by atoms with E-state index in [-0.39, 0.29) is 12.4 Å². The number of allylic oxidation sites excluding steroid dienone is 1. The van der Waals surface area contributed by atoms with Crippen LogP contribution >= 0.6 is 58.0 Å². The first-order valence-corrected chi connectivity index (χ1v) is 9.76. The second-order valence-corrected chi connectivity index (χ2v) is 7.68. The topological polar surface area (TPSA) is 39.4 Å². The van der Waals surface area contributed by atoms with E-state index >= 15 is 0 Å². The van der Waals surface area contributed by atoms with E-state index in [2.05, 4.69) is 0 Å². The summed E-state index contributed by atoms with van der Waals surface area (Å²) < 4.78 is 11.2. The summed E-state index contributed by atoms with van der Waals surface area (Å²) in [5.74, 6) is 1.10. The molecular formula is C20H11Cl5O3. The van der Waals surface area contributed by atoms with Crippen LogP contribution in [0, 0.1) is 0 Å². The maximum atomic E-state index is 12.2. The number of carbonyl (C=O) groups excluding carboxylic acids is 1. The Kier molecular flexibility index (Phi) is 6.97. The molecule has 0 radical (unpaired) electrons. The molecular weight excluding hydrogens is 465 g/mol. The van der Waals surface area contributed by atoms with Gasteiger partial charge in [-0.2, -0.15) is 0 Å². The van der Waals surface area contributed by atoms with E-state index in [0.717, 1.165) is 0 Å². The molecule has 28 heavy (non-hydrogen) atoms. The molecule has 1 aromatic heterocycles. The van der Waals surface area contributed by atoms with Gasteiger partial charge in [-0.15, -0.1) is 0 Å². The number of furan rings is 1. The molecule has 0 aliphatic heterocycles. The summed E-state index contributed by atoms with van der Waals surface area (Å²) in [5, 5.41) is 1.73. The summed E-state index contributed by atoms with van der Waals surface area (Å²) in [6.45, 7) is 0.107. The number of hydrogen-bond donors (Lipinski definition) is 0. The minimum absolute atomic E-state index is 0.107. The summed E-state index contributed by atoms with van der Waals surface area (Å²) in [4.78, 5) is 12.2. The van der Waals surface area contributed by atoms with Gasteiger partial charge < -0.3 is 9.15 Å². The van der Waals surface area contributed by atoms with Crippen molar-refractivity contribution < 1.29 is 13.9 Å². The highest BCUT2D eigenvalue weighted by Gasteiger charge is 2.11. The summed E-state index contributed by atoms with van der Waals surface area (Å²) >= 11 is 29.8. The first kappa shape index (κ1) is 21.1. The van der Waals surface area contributed by atoms with Crippen LogP contribution in [0.2, 0.25) is 25.1 Å². The average Bonchev–Trinajstić information content (AvgIpc) is 3.09. The summed E-state index contributed by atoms with van der Waals surface area (Å²) in [5.41, 5.74) is 0.424. The summed E-state index contributed by atoms with van der Waals surface area (Å²) in [6.07, 6.45) is 2.94. The van der Waals surface area contributed by atoms with Gasteiger partial charge in [-0.3, -0.25) is 4.79 Å². The van der Waals surface area contributed by atoms with Gasteiger partial charge in [-0.25, -0.2) is 0 Å². The normalized spacial score (nSPS) is 11.2. The zero-order valence-electron chi connectivity index (χ0n) is 14.0. The Morgan fingerprint density at radius 2 is 1.61 bits per heavy atom. The van der Waals surface area contributed by atoms with Crippen LogP contribution in [-0.4, -0.2) is 5.78 Å². The van der Waals surface area contributed by atoms with Crippen LogP contribution in [0.3, 0.4) is 0 Å². The van der Waals surface area contributed by atoms with Crippen molar-refractivity contribution in [1.29, 1.82) is 0 Å². The van der Waals surface area contributed by atoms with E-state index in [1.807, 2.05) is 0 Å². The maximum absolute atomic E-state index is 12.2. The van der Waals surface area contributed by atoms with Gasteiger partial charge in [0.05, 0.1) is 20.1 Å². The Balaban J connectivity index is 1.65. The lowest BCUT2D eigenvalue weighted by Gasteiger charge is -2.08. The molecule has 0 saturated heterocycles. The van der Waals surface area contributed by atoms with Gasteiger partial charge in [0.2, 0.25) is 0 Å². The number of hydrogen-bond acceptors (Lipinski definition) is 3. The van der Waals surface area contributed by atoms with Crippen molar-refractivity contribution in [1.82, 2.24) is 0 Å². The van der Waals surface area contributed by atoms with E-state index in [1.165, 1.54) is 24.3 Å². The molecule has 0 atom stereocenters. The van der Waals surface area contributed by atoms with E-state index in [0.29, 0.717) is 47.9 Å². The Morgan fingerprint density at radius 3 is 2.29 bits per heavy atom. The molecule has 0 N–H and O–H groups in total. The van der Waals surface area contributed by atoms with Crippen molar-refractivity contribution in [3.63, 3.8) is 0 Å². The van der Waals surface area contributed by atoms with Crippen molar-refractivity contribution in [3.05, 3.63) is 90.7 Å². The van der Waals surface area contributed by atoms with E-state index in [1.54, 1.807) is 30.3 Å². The van der Waals surface area contributed by atoms with Gasteiger partial charge >= 0.3 is 0 Å². The Labute approximate surface area is 186 Å². The van der Waals surface area contributed by atoms with Crippen molar-refractivity contribution >= 4 is 69.9 Å². The number of ketones is 1. The number of rotatable bonds is 6. The van der Waals surface area contributed by atoms with Crippen molar-refractivity contribution in [2.45, 2.75) is 6.61 Å². The molecule has 1 heterocycles. The molecule has 0 aliphatic rings. The molecule has 144 valence electrons. The quantitative estimate of drug-likeness (QED) is 0.267. The van der Waals surface area contributed by atoms with Crippen molar-refractivity contribution in [3.8, 4) is 5.75 Å². The standard InChI is InChI=1S/C20H11Cl5O3/c21-12-8-17(24)20(18(25)9-12)27-10-14-3-2-13(28-14)4-6-19(26)11-1-5-15(22)16(23)7-11/h1-9H,10H2/b6-4+. The zero-order valence-corrected chi connectivity index (χ0v) is 17.8. The largest absolute Gasteiger partial charge is 0.483 e. The number of benzene rings is 2. The lowest BCUT2D eigenvalue weighted by molar-refractivity contribution is 0.104. The fourth-order valence-electron chi connectivity index (χ4n) is 2.28. The van der Waals surface area contributed by atoms with Crippen LogP contribution in [0.4, 0.5) is 0 Å². The second kappa shape index (κ2) is 9.25. The smallest absolute Gasteiger partial charge is 0.186 e. The minimum atomic E-state index is -0.229. The minimum Gasteiger partial charge on any atom is -0.483 e. The fourth-order valence-corrected chi connectivity index (χ4v) is 3.50. The highest BCUT2D eigenvalue weighted by Crippen LogP contribution is 2.36. The lowest BCUT2D eigenvalue weighted by Crippen LogP contribution is -1.95. The lowest BCUT2D eigenvalue weighted by atomic mass is 10.1. The molecule has 3 nitrogen and oxygen atoms in total. The van der Waals surface area contributed by atoms with Crippen LogP contribution in [0.15, 0.2) is 53.0 Å². The Morgan fingerprint density at radius 1 is 0.893 bits per heavy atom. The number of halogens is 5. The Bertz CT molecular complexity index is 1030. The highest BCUT2D eigenvalue weighted by molar-refractivity contribution is 6.42. The summed E-state index contributed by atoms with van der Waals surface area (Å²) in [7, 11) is 0. The third-order valence-corrected chi connectivity index (χ3v) is 5.13. The third-order valence-electron chi connectivity index (χ3n) is 3.61. The molecule has 0 bridgehead atoms. The number of ether oxygens (including phenoxy) is 1. The van der Waals surface area contributed by atoms with Crippen LogP contribution in [-0.2, 0) is 6.61 Å². The fraction of sp³-hybridized carbons (Fsp3) is 0.0500. The van der Waals surface area contributed by atoms with Gasteiger partial charge in [-0.05, 0) is 54.6 Å². The average molecular weight is 477 g/mol. The summed E-state index contributed by atoms with van der Waals surface area (Å²) in [6, 6.07) is 11.2. The molecule has 3 rings (SSSR count). The first-order chi connectivity index (χ1) is 13.3. The monoisotopic (exact) mass is 474 g/mol. The predicted octanol–water partition coefficient (Wildman–Crippen LogP) is 8.02. The van der Waals surface area contributed by atoms with E-state index in [4.69, 9.17) is 67.2 Å². The molecule has 8 heteroatoms. The molecule has 0 amide bonds. The molecule has 3 aromatic rings. The van der Waals surface area contributed by atoms with E-state index in [9.17, 15) is 4.79 Å². The number of carbonyl (C=O) groups is 1. The molecule has 0 spiro atoms. The van der Waals surface area contributed by atoms with Crippen molar-refractivity contribution in [2.75, 3.05) is 0 Å². The SMILES string of the molecule is O=C(/C=C/c1ccc(COc2c(Cl)cc(Cl)cc2Cl)o1)c1ccc(Cl)c(Cl)c1. The van der Waals surface area contributed by atoms with Crippen LogP contribution in [0.25, 0.3) is 6.08 Å². The van der Waals surface area contributed by atoms with Crippen molar-refractivity contribution in [2.24, 2.45) is 0 Å². The Hall–Kier alpha value is -1.62. The zero-order chi connectivity index (χ0) is 20.3. The molecule has 0 aliphatic carbocycles. The first-order valence-electron chi connectivity index (χ1n) is 7.87. The van der Waals surface area contributed by atoms with Crippen LogP contribution in [0.5, 0.6) is 5.75 Å². The van der Waals surface area contributed by atoms with Gasteiger partial charge in [0, 0.05) is 10.6 Å². The van der Waals surface area contributed by atoms with E-state index < -0.39 is 0 Å². The maximum Gasteiger partial charge on any atom is 0.186 e. The highest BCUT2D eigenvalue weighted by atomic mass is 35.5. The second-order valence-electron chi connectivity index (χ2n) is 5.62. The predicted molar refractivity (Wildman–Crippen MR) is 114 cm³/mol. The third kappa shape index (κ3) is 5.25. The van der Waals surface area contributed by atoms with Crippen LogP contribution < -0.4 is 4.74 Å². The molecule has 0 fully saturated rings. The van der Waals surface area contributed by atoms with Gasteiger partial charge in [0.25, 0.3) is 0 Å². The molecule has 0 unspecified atom stereocenters.